The van der Waals surface area contributed by atoms with Crippen LogP contribution in [0.15, 0.2) is 35.0 Å². The summed E-state index contributed by atoms with van der Waals surface area (Å²) in [5, 5.41) is 11.0. The fraction of sp³-hybridized carbons (Fsp3) is 0.333. The summed E-state index contributed by atoms with van der Waals surface area (Å²) in [6, 6.07) is 7.32. The van der Waals surface area contributed by atoms with Crippen LogP contribution in [-0.4, -0.2) is 25.8 Å². The summed E-state index contributed by atoms with van der Waals surface area (Å²) < 4.78 is 6.98. The zero-order valence-corrected chi connectivity index (χ0v) is 15.0. The molecule has 0 saturated heterocycles. The van der Waals surface area contributed by atoms with E-state index in [-0.39, 0.29) is 11.3 Å². The molecule has 0 aliphatic heterocycles. The van der Waals surface area contributed by atoms with Crippen LogP contribution >= 0.6 is 0 Å². The maximum absolute atomic E-state index is 12.3. The van der Waals surface area contributed by atoms with Crippen LogP contribution in [0, 0.1) is 6.92 Å². The molecule has 3 rings (SSSR count). The van der Waals surface area contributed by atoms with E-state index in [2.05, 4.69) is 20.6 Å². The van der Waals surface area contributed by atoms with Crippen molar-refractivity contribution in [3.63, 3.8) is 0 Å². The van der Waals surface area contributed by atoms with Crippen LogP contribution in [0.4, 0.5) is 5.69 Å². The van der Waals surface area contributed by atoms with Crippen LogP contribution in [0.25, 0.3) is 11.4 Å². The molecule has 1 amide bonds. The van der Waals surface area contributed by atoms with Gasteiger partial charge in [0.2, 0.25) is 11.7 Å². The van der Waals surface area contributed by atoms with Crippen molar-refractivity contribution < 1.29 is 9.32 Å². The number of aryl methyl sites for hydroxylation is 1. The minimum Gasteiger partial charge on any atom is -0.338 e. The van der Waals surface area contributed by atoms with Crippen molar-refractivity contribution in [2.75, 3.05) is 5.32 Å². The number of nitrogens with zero attached hydrogens (tertiary/aromatic N) is 4. The highest BCUT2D eigenvalue weighted by Crippen LogP contribution is 2.24. The van der Waals surface area contributed by atoms with Gasteiger partial charge in [-0.1, -0.05) is 25.9 Å². The Labute approximate surface area is 146 Å². The first kappa shape index (κ1) is 16.9. The summed E-state index contributed by atoms with van der Waals surface area (Å²) in [4.78, 5) is 16.7. The van der Waals surface area contributed by atoms with E-state index in [9.17, 15) is 4.79 Å². The molecule has 2 heterocycles. The number of benzene rings is 1. The molecule has 2 aromatic heterocycles. The number of nitrogens with one attached hydrogen (secondary N) is 1. The fourth-order valence-electron chi connectivity index (χ4n) is 2.27. The van der Waals surface area contributed by atoms with Gasteiger partial charge in [0.15, 0.2) is 0 Å². The zero-order chi connectivity index (χ0) is 18.2. The van der Waals surface area contributed by atoms with Crippen molar-refractivity contribution in [1.29, 1.82) is 0 Å². The van der Waals surface area contributed by atoms with Crippen LogP contribution in [0.1, 0.15) is 42.7 Å². The second kappa shape index (κ2) is 6.16. The monoisotopic (exact) mass is 339 g/mol. The topological polar surface area (TPSA) is 85.8 Å². The van der Waals surface area contributed by atoms with Crippen LogP contribution < -0.4 is 5.32 Å². The molecule has 0 unspecified atom stereocenters. The number of carbonyl (C=O) groups is 1. The highest BCUT2D eigenvalue weighted by molar-refractivity contribution is 6.04. The summed E-state index contributed by atoms with van der Waals surface area (Å²) in [6.45, 7) is 7.91. The molecular weight excluding hydrogens is 318 g/mol. The van der Waals surface area contributed by atoms with Gasteiger partial charge in [-0.25, -0.2) is 0 Å². The van der Waals surface area contributed by atoms with Crippen LogP contribution in [-0.2, 0) is 12.5 Å². The Hall–Kier alpha value is -2.96. The van der Waals surface area contributed by atoms with E-state index >= 15 is 0 Å². The summed E-state index contributed by atoms with van der Waals surface area (Å²) in [6.07, 6.45) is 1.56. The van der Waals surface area contributed by atoms with Gasteiger partial charge in [-0.3, -0.25) is 9.48 Å². The summed E-state index contributed by atoms with van der Waals surface area (Å²) in [7, 11) is 1.80. The average molecular weight is 339 g/mol. The molecule has 1 aromatic carbocycles. The largest absolute Gasteiger partial charge is 0.338 e. The predicted molar refractivity (Wildman–Crippen MR) is 94.3 cm³/mol. The van der Waals surface area contributed by atoms with Gasteiger partial charge >= 0.3 is 0 Å². The third kappa shape index (κ3) is 3.45. The molecule has 0 aliphatic carbocycles. The molecule has 1 N–H and O–H groups in total. The van der Waals surface area contributed by atoms with E-state index in [0.717, 1.165) is 11.3 Å². The van der Waals surface area contributed by atoms with E-state index in [1.165, 1.54) is 0 Å². The molecule has 7 heteroatoms. The SMILES string of the molecule is Cc1c(C(=O)Nc2ccc(-c3noc(C(C)(C)C)n3)cc2)cnn1C. The molecule has 130 valence electrons. The Morgan fingerprint density at radius 3 is 2.40 bits per heavy atom. The zero-order valence-electron chi connectivity index (χ0n) is 15.0. The number of aromatic nitrogens is 4. The molecule has 0 fully saturated rings. The third-order valence-electron chi connectivity index (χ3n) is 3.95. The van der Waals surface area contributed by atoms with E-state index in [1.54, 1.807) is 17.9 Å². The molecule has 0 bridgehead atoms. The molecule has 7 nitrogen and oxygen atoms in total. The number of carbonyl (C=O) groups excluding carboxylic acids is 1. The van der Waals surface area contributed by atoms with Crippen molar-refractivity contribution in [2.24, 2.45) is 7.05 Å². The molecule has 25 heavy (non-hydrogen) atoms. The fourth-order valence-corrected chi connectivity index (χ4v) is 2.27. The van der Waals surface area contributed by atoms with Gasteiger partial charge in [-0.2, -0.15) is 10.1 Å². The van der Waals surface area contributed by atoms with Crippen molar-refractivity contribution >= 4 is 11.6 Å². The van der Waals surface area contributed by atoms with Gasteiger partial charge in [-0.05, 0) is 31.2 Å². The lowest BCUT2D eigenvalue weighted by molar-refractivity contribution is 0.102. The van der Waals surface area contributed by atoms with Gasteiger partial charge < -0.3 is 9.84 Å². The molecule has 0 radical (unpaired) electrons. The van der Waals surface area contributed by atoms with E-state index < -0.39 is 0 Å². The maximum atomic E-state index is 12.3. The molecule has 0 atom stereocenters. The first-order chi connectivity index (χ1) is 11.8. The second-order valence-corrected chi connectivity index (χ2v) is 6.97. The third-order valence-corrected chi connectivity index (χ3v) is 3.95. The Morgan fingerprint density at radius 1 is 1.20 bits per heavy atom. The average Bonchev–Trinajstić information content (AvgIpc) is 3.16. The Balaban J connectivity index is 1.75. The Kier molecular flexibility index (Phi) is 4.16. The second-order valence-electron chi connectivity index (χ2n) is 6.97. The van der Waals surface area contributed by atoms with Gasteiger partial charge in [-0.15, -0.1) is 0 Å². The van der Waals surface area contributed by atoms with Crippen LogP contribution in [0.3, 0.4) is 0 Å². The molecular formula is C18H21N5O2. The van der Waals surface area contributed by atoms with E-state index in [4.69, 9.17) is 4.52 Å². The standard InChI is InChI=1S/C18H21N5O2/c1-11-14(10-19-23(11)5)16(24)20-13-8-6-12(7-9-13)15-21-17(25-22-15)18(2,3)4/h6-10H,1-5H3,(H,20,24). The number of anilines is 1. The van der Waals surface area contributed by atoms with Gasteiger partial charge in [0.25, 0.3) is 5.91 Å². The van der Waals surface area contributed by atoms with Gasteiger partial charge in [0.1, 0.15) is 0 Å². The molecule has 0 saturated carbocycles. The van der Waals surface area contributed by atoms with Gasteiger partial charge in [0, 0.05) is 29.4 Å². The smallest absolute Gasteiger partial charge is 0.259 e. The minimum atomic E-state index is -0.194. The van der Waals surface area contributed by atoms with Crippen LogP contribution in [0.5, 0.6) is 0 Å². The van der Waals surface area contributed by atoms with Crippen molar-refractivity contribution in [3.05, 3.63) is 47.6 Å². The number of rotatable bonds is 3. The first-order valence-electron chi connectivity index (χ1n) is 8.00. The number of amides is 1. The van der Waals surface area contributed by atoms with Crippen molar-refractivity contribution in [3.8, 4) is 11.4 Å². The van der Waals surface area contributed by atoms with E-state index in [0.29, 0.717) is 23.0 Å². The van der Waals surface area contributed by atoms with Crippen LogP contribution in [0.2, 0.25) is 0 Å². The summed E-state index contributed by atoms with van der Waals surface area (Å²) in [5.74, 6) is 0.936. The summed E-state index contributed by atoms with van der Waals surface area (Å²) in [5.41, 5.74) is 2.70. The minimum absolute atomic E-state index is 0.187. The quantitative estimate of drug-likeness (QED) is 0.791. The van der Waals surface area contributed by atoms with Crippen molar-refractivity contribution in [2.45, 2.75) is 33.1 Å². The highest BCUT2D eigenvalue weighted by atomic mass is 16.5. The maximum Gasteiger partial charge on any atom is 0.259 e. The highest BCUT2D eigenvalue weighted by Gasteiger charge is 2.22. The Bertz CT molecular complexity index is 900. The first-order valence-corrected chi connectivity index (χ1v) is 8.00. The molecule has 3 aromatic rings. The van der Waals surface area contributed by atoms with Gasteiger partial charge in [0.05, 0.1) is 11.8 Å². The number of hydrogen-bond acceptors (Lipinski definition) is 5. The normalized spacial score (nSPS) is 11.6. The van der Waals surface area contributed by atoms with E-state index in [1.807, 2.05) is 52.0 Å². The number of hydrogen-bond donors (Lipinski definition) is 1. The lowest BCUT2D eigenvalue weighted by Crippen LogP contribution is -2.12. The van der Waals surface area contributed by atoms with Crippen molar-refractivity contribution in [1.82, 2.24) is 19.9 Å². The summed E-state index contributed by atoms with van der Waals surface area (Å²) >= 11 is 0. The molecule has 0 aliphatic rings. The Morgan fingerprint density at radius 2 is 1.88 bits per heavy atom. The predicted octanol–water partition coefficient (Wildman–Crippen LogP) is 3.33. The lowest BCUT2D eigenvalue weighted by atomic mass is 9.97. The molecule has 0 spiro atoms. The lowest BCUT2D eigenvalue weighted by Gasteiger charge is -2.10.